The highest BCUT2D eigenvalue weighted by atomic mass is 35.5. The molecule has 4 heterocycles. The van der Waals surface area contributed by atoms with E-state index in [1.165, 1.54) is 0 Å². The minimum Gasteiger partial charge on any atom is -0.378 e. The molecule has 8 heteroatoms. The normalized spacial score (nSPS) is 15.3. The van der Waals surface area contributed by atoms with Crippen LogP contribution in [0.1, 0.15) is 0 Å². The van der Waals surface area contributed by atoms with Gasteiger partial charge in [0.25, 0.3) is 0 Å². The molecule has 0 aliphatic carbocycles. The highest BCUT2D eigenvalue weighted by molar-refractivity contribution is 6.28. The molecule has 1 saturated heterocycles. The van der Waals surface area contributed by atoms with Gasteiger partial charge in [-0.25, -0.2) is 4.98 Å². The van der Waals surface area contributed by atoms with E-state index in [0.29, 0.717) is 13.2 Å². The summed E-state index contributed by atoms with van der Waals surface area (Å²) < 4.78 is 7.34. The molecule has 0 radical (unpaired) electrons. The molecule has 0 unspecified atom stereocenters. The Morgan fingerprint density at radius 3 is 2.57 bits per heavy atom. The van der Waals surface area contributed by atoms with E-state index in [0.717, 1.165) is 41.5 Å². The maximum absolute atomic E-state index is 6.14. The molecule has 0 aromatic carbocycles. The van der Waals surface area contributed by atoms with E-state index in [4.69, 9.17) is 21.3 Å². The van der Waals surface area contributed by atoms with Crippen LogP contribution in [0.25, 0.3) is 22.6 Å². The van der Waals surface area contributed by atoms with Crippen molar-refractivity contribution < 1.29 is 4.74 Å². The summed E-state index contributed by atoms with van der Waals surface area (Å²) in [5.41, 5.74) is 2.45. The van der Waals surface area contributed by atoms with Gasteiger partial charge in [-0.2, -0.15) is 9.97 Å². The van der Waals surface area contributed by atoms with Crippen LogP contribution < -0.4 is 4.90 Å². The molecule has 0 N–H and O–H groups in total. The number of ether oxygens (including phenoxy) is 1. The van der Waals surface area contributed by atoms with Crippen LogP contribution in [0, 0.1) is 0 Å². The van der Waals surface area contributed by atoms with E-state index in [9.17, 15) is 0 Å². The predicted molar refractivity (Wildman–Crippen MR) is 87.6 cm³/mol. The van der Waals surface area contributed by atoms with Crippen LogP contribution >= 0.6 is 11.6 Å². The minimum atomic E-state index is 0.225. The zero-order valence-electron chi connectivity index (χ0n) is 12.6. The third kappa shape index (κ3) is 2.51. The van der Waals surface area contributed by atoms with Gasteiger partial charge in [0.2, 0.25) is 5.28 Å². The summed E-state index contributed by atoms with van der Waals surface area (Å²) in [6, 6.07) is 3.84. The van der Waals surface area contributed by atoms with Gasteiger partial charge in [-0.05, 0) is 23.7 Å². The Morgan fingerprint density at radius 2 is 1.83 bits per heavy atom. The van der Waals surface area contributed by atoms with Gasteiger partial charge in [-0.15, -0.1) is 0 Å². The number of morpholine rings is 1. The highest BCUT2D eigenvalue weighted by Gasteiger charge is 2.21. The van der Waals surface area contributed by atoms with Crippen LogP contribution in [0.4, 0.5) is 5.82 Å². The molecule has 0 saturated carbocycles. The molecule has 0 amide bonds. The Morgan fingerprint density at radius 1 is 1.09 bits per heavy atom. The molecule has 1 aliphatic rings. The van der Waals surface area contributed by atoms with Crippen molar-refractivity contribution in [2.75, 3.05) is 31.2 Å². The van der Waals surface area contributed by atoms with Crippen LogP contribution in [-0.4, -0.2) is 50.8 Å². The lowest BCUT2D eigenvalue weighted by Gasteiger charge is -2.27. The summed E-state index contributed by atoms with van der Waals surface area (Å²) in [5, 5.41) is 0.225. The fourth-order valence-electron chi connectivity index (χ4n) is 2.78. The van der Waals surface area contributed by atoms with E-state index in [2.05, 4.69) is 19.9 Å². The molecule has 0 atom stereocenters. The lowest BCUT2D eigenvalue weighted by molar-refractivity contribution is 0.122. The quantitative estimate of drug-likeness (QED) is 0.669. The summed E-state index contributed by atoms with van der Waals surface area (Å²) in [6.45, 7) is 2.88. The Labute approximate surface area is 137 Å². The van der Waals surface area contributed by atoms with Crippen molar-refractivity contribution in [1.82, 2.24) is 24.5 Å². The first kappa shape index (κ1) is 14.3. The molecule has 1 aliphatic heterocycles. The van der Waals surface area contributed by atoms with Crippen molar-refractivity contribution in [3.63, 3.8) is 0 Å². The summed E-state index contributed by atoms with van der Waals surface area (Å²) in [4.78, 5) is 19.7. The standard InChI is InChI=1S/C15H15ClN6O/c1-21-12(10-2-4-17-5-3-10)18-11-13(21)19-15(16)20-14(11)22-6-8-23-9-7-22/h2-5H,6-9H2,1H3. The second-order valence-corrected chi connectivity index (χ2v) is 5.66. The third-order valence-electron chi connectivity index (χ3n) is 3.92. The van der Waals surface area contributed by atoms with Gasteiger partial charge in [0.05, 0.1) is 13.2 Å². The molecule has 7 nitrogen and oxygen atoms in total. The molecule has 1 fully saturated rings. The van der Waals surface area contributed by atoms with E-state index < -0.39 is 0 Å². The summed E-state index contributed by atoms with van der Waals surface area (Å²) in [5.74, 6) is 1.58. The Balaban J connectivity index is 1.91. The van der Waals surface area contributed by atoms with Crippen molar-refractivity contribution in [1.29, 1.82) is 0 Å². The topological polar surface area (TPSA) is 69.0 Å². The van der Waals surface area contributed by atoms with Gasteiger partial charge in [-0.3, -0.25) is 4.98 Å². The van der Waals surface area contributed by atoms with Crippen molar-refractivity contribution in [3.8, 4) is 11.4 Å². The van der Waals surface area contributed by atoms with Gasteiger partial charge in [0.15, 0.2) is 17.0 Å². The number of rotatable bonds is 2. The summed E-state index contributed by atoms with van der Waals surface area (Å²) in [7, 11) is 1.93. The van der Waals surface area contributed by atoms with Gasteiger partial charge in [-0.1, -0.05) is 0 Å². The number of aryl methyl sites for hydroxylation is 1. The smallest absolute Gasteiger partial charge is 0.226 e. The number of nitrogens with zero attached hydrogens (tertiary/aromatic N) is 6. The van der Waals surface area contributed by atoms with Crippen molar-refractivity contribution in [3.05, 3.63) is 29.8 Å². The molecule has 4 rings (SSSR count). The largest absolute Gasteiger partial charge is 0.378 e. The highest BCUT2D eigenvalue weighted by Crippen LogP contribution is 2.29. The lowest BCUT2D eigenvalue weighted by atomic mass is 10.2. The fraction of sp³-hybridized carbons (Fsp3) is 0.333. The van der Waals surface area contributed by atoms with Crippen molar-refractivity contribution >= 4 is 28.6 Å². The first-order valence-electron chi connectivity index (χ1n) is 7.37. The Kier molecular flexibility index (Phi) is 3.59. The van der Waals surface area contributed by atoms with Gasteiger partial charge < -0.3 is 14.2 Å². The number of pyridine rings is 1. The maximum Gasteiger partial charge on any atom is 0.226 e. The fourth-order valence-corrected chi connectivity index (χ4v) is 2.94. The molecule has 3 aromatic rings. The van der Waals surface area contributed by atoms with Crippen LogP contribution in [0.5, 0.6) is 0 Å². The first-order chi connectivity index (χ1) is 11.2. The van der Waals surface area contributed by atoms with Crippen LogP contribution in [0.15, 0.2) is 24.5 Å². The molecule has 118 valence electrons. The van der Waals surface area contributed by atoms with Crippen LogP contribution in [0.3, 0.4) is 0 Å². The second kappa shape index (κ2) is 5.75. The summed E-state index contributed by atoms with van der Waals surface area (Å²) in [6.07, 6.45) is 3.49. The van der Waals surface area contributed by atoms with Crippen molar-refractivity contribution in [2.24, 2.45) is 7.05 Å². The van der Waals surface area contributed by atoms with E-state index in [1.807, 2.05) is 23.7 Å². The van der Waals surface area contributed by atoms with E-state index >= 15 is 0 Å². The van der Waals surface area contributed by atoms with Gasteiger partial charge >= 0.3 is 0 Å². The van der Waals surface area contributed by atoms with E-state index in [1.54, 1.807) is 12.4 Å². The number of halogens is 1. The van der Waals surface area contributed by atoms with Crippen LogP contribution in [-0.2, 0) is 11.8 Å². The molecule has 3 aromatic heterocycles. The van der Waals surface area contributed by atoms with Crippen LogP contribution in [0.2, 0.25) is 5.28 Å². The average Bonchev–Trinajstić information content (AvgIpc) is 2.93. The number of aromatic nitrogens is 5. The SMILES string of the molecule is Cn1c(-c2ccncc2)nc2c(N3CCOCC3)nc(Cl)nc21. The average molecular weight is 331 g/mol. The zero-order valence-corrected chi connectivity index (χ0v) is 13.4. The molecule has 0 spiro atoms. The van der Waals surface area contributed by atoms with Gasteiger partial charge in [0.1, 0.15) is 5.82 Å². The number of hydrogen-bond acceptors (Lipinski definition) is 6. The van der Waals surface area contributed by atoms with E-state index in [-0.39, 0.29) is 5.28 Å². The van der Waals surface area contributed by atoms with Crippen molar-refractivity contribution in [2.45, 2.75) is 0 Å². The van der Waals surface area contributed by atoms with Gasteiger partial charge in [0, 0.05) is 38.1 Å². The lowest BCUT2D eigenvalue weighted by Crippen LogP contribution is -2.37. The molecular weight excluding hydrogens is 316 g/mol. The number of anilines is 1. The number of fused-ring (bicyclic) bond motifs is 1. The zero-order chi connectivity index (χ0) is 15.8. The first-order valence-corrected chi connectivity index (χ1v) is 7.75. The second-order valence-electron chi connectivity index (χ2n) is 5.32. The third-order valence-corrected chi connectivity index (χ3v) is 4.09. The molecule has 0 bridgehead atoms. The predicted octanol–water partition coefficient (Wildman–Crippen LogP) is 1.92. The molecular formula is C15H15ClN6O. The Bertz CT molecular complexity index is 844. The molecule has 23 heavy (non-hydrogen) atoms. The number of hydrogen-bond donors (Lipinski definition) is 0. The Hall–Kier alpha value is -2.25. The monoisotopic (exact) mass is 330 g/mol. The minimum absolute atomic E-state index is 0.225. The summed E-state index contributed by atoms with van der Waals surface area (Å²) >= 11 is 6.14. The number of imidazole rings is 1. The maximum atomic E-state index is 6.14.